The molecule has 7 heteroatoms. The number of hydrogen-bond donors (Lipinski definition) is 2. The molecule has 0 saturated heterocycles. The molecule has 0 aliphatic carbocycles. The van der Waals surface area contributed by atoms with Gasteiger partial charge in [-0.1, -0.05) is 6.07 Å². The second-order valence-corrected chi connectivity index (χ2v) is 7.15. The van der Waals surface area contributed by atoms with Crippen molar-refractivity contribution in [2.24, 2.45) is 0 Å². The van der Waals surface area contributed by atoms with Gasteiger partial charge in [-0.25, -0.2) is 17.5 Å². The highest BCUT2D eigenvalue weighted by Crippen LogP contribution is 2.20. The third-order valence-electron chi connectivity index (χ3n) is 2.91. The minimum atomic E-state index is -3.74. The van der Waals surface area contributed by atoms with Crippen LogP contribution in [-0.2, 0) is 16.4 Å². The molecule has 2 rings (SSSR count). The van der Waals surface area contributed by atoms with Crippen molar-refractivity contribution < 1.29 is 12.8 Å². The Bertz CT molecular complexity index is 674. The topological polar surface area (TPSA) is 72.2 Å². The smallest absolute Gasteiger partial charge is 0.240 e. The number of rotatable bonds is 5. The quantitative estimate of drug-likeness (QED) is 0.832. The summed E-state index contributed by atoms with van der Waals surface area (Å²) in [6.45, 7) is 1.77. The Morgan fingerprint density at radius 3 is 2.75 bits per heavy atom. The average molecular weight is 314 g/mol. The van der Waals surface area contributed by atoms with Gasteiger partial charge in [-0.2, -0.15) is 0 Å². The van der Waals surface area contributed by atoms with Gasteiger partial charge in [-0.15, -0.1) is 11.3 Å². The lowest BCUT2D eigenvalue weighted by molar-refractivity contribution is 0.577. The van der Waals surface area contributed by atoms with Crippen molar-refractivity contribution in [3.8, 4) is 0 Å². The van der Waals surface area contributed by atoms with E-state index in [2.05, 4.69) is 4.72 Å². The van der Waals surface area contributed by atoms with Crippen LogP contribution in [0.25, 0.3) is 0 Å². The van der Waals surface area contributed by atoms with Crippen LogP contribution in [0.3, 0.4) is 0 Å². The third kappa shape index (κ3) is 3.36. The van der Waals surface area contributed by atoms with Gasteiger partial charge < -0.3 is 5.73 Å². The summed E-state index contributed by atoms with van der Waals surface area (Å²) in [7, 11) is -3.74. The monoisotopic (exact) mass is 314 g/mol. The molecule has 2 aromatic rings. The molecule has 1 heterocycles. The van der Waals surface area contributed by atoms with Gasteiger partial charge in [-0.3, -0.25) is 0 Å². The summed E-state index contributed by atoms with van der Waals surface area (Å²) >= 11 is 1.56. The first-order valence-electron chi connectivity index (χ1n) is 5.98. The Morgan fingerprint density at radius 1 is 1.40 bits per heavy atom. The standard InChI is InChI=1S/C13H15FN2O2S2/c1-9-12(14)7-11(8-13(9)15)20(17,18)16-5-4-10-3-2-6-19-10/h2-3,6-8,16H,4-5,15H2,1H3. The highest BCUT2D eigenvalue weighted by atomic mass is 32.2. The van der Waals surface area contributed by atoms with Crippen LogP contribution < -0.4 is 10.5 Å². The Labute approximate surface area is 121 Å². The molecule has 0 fully saturated rings. The van der Waals surface area contributed by atoms with Crippen molar-refractivity contribution in [3.63, 3.8) is 0 Å². The Balaban J connectivity index is 2.10. The summed E-state index contributed by atoms with van der Waals surface area (Å²) in [5.41, 5.74) is 5.97. The van der Waals surface area contributed by atoms with Crippen LogP contribution in [0.5, 0.6) is 0 Å². The molecular weight excluding hydrogens is 299 g/mol. The van der Waals surface area contributed by atoms with Crippen LogP contribution in [0, 0.1) is 12.7 Å². The maximum atomic E-state index is 13.5. The second kappa shape index (κ2) is 5.90. The normalized spacial score (nSPS) is 11.7. The van der Waals surface area contributed by atoms with Gasteiger partial charge in [0.2, 0.25) is 10.0 Å². The lowest BCUT2D eigenvalue weighted by atomic mass is 10.2. The first kappa shape index (κ1) is 15.0. The molecule has 1 aromatic heterocycles. The molecule has 0 unspecified atom stereocenters. The van der Waals surface area contributed by atoms with Gasteiger partial charge in [0.1, 0.15) is 5.82 Å². The van der Waals surface area contributed by atoms with Crippen LogP contribution in [0.15, 0.2) is 34.5 Å². The zero-order valence-electron chi connectivity index (χ0n) is 10.9. The number of hydrogen-bond acceptors (Lipinski definition) is 4. The molecule has 0 saturated carbocycles. The van der Waals surface area contributed by atoms with Crippen LogP contribution in [0.1, 0.15) is 10.4 Å². The number of sulfonamides is 1. The average Bonchev–Trinajstić information content (AvgIpc) is 2.88. The van der Waals surface area contributed by atoms with E-state index >= 15 is 0 Å². The highest BCUT2D eigenvalue weighted by Gasteiger charge is 2.17. The molecule has 1 aromatic carbocycles. The summed E-state index contributed by atoms with van der Waals surface area (Å²) in [4.78, 5) is 0.937. The Kier molecular flexibility index (Phi) is 4.42. The minimum Gasteiger partial charge on any atom is -0.398 e. The number of halogens is 1. The van der Waals surface area contributed by atoms with E-state index in [4.69, 9.17) is 5.73 Å². The van der Waals surface area contributed by atoms with E-state index in [0.717, 1.165) is 10.9 Å². The summed E-state index contributed by atoms with van der Waals surface area (Å²) < 4.78 is 40.1. The van der Waals surface area contributed by atoms with Crippen LogP contribution in [0.4, 0.5) is 10.1 Å². The molecule has 3 N–H and O–H groups in total. The molecule has 0 aliphatic rings. The zero-order chi connectivity index (χ0) is 14.8. The molecule has 4 nitrogen and oxygen atoms in total. The molecule has 0 amide bonds. The van der Waals surface area contributed by atoms with E-state index < -0.39 is 15.8 Å². The fraction of sp³-hybridized carbons (Fsp3) is 0.231. The first-order chi connectivity index (χ1) is 9.40. The summed E-state index contributed by atoms with van der Waals surface area (Å²) in [6.07, 6.45) is 0.598. The van der Waals surface area contributed by atoms with Crippen molar-refractivity contribution >= 4 is 27.0 Å². The molecule has 108 valence electrons. The van der Waals surface area contributed by atoms with Gasteiger partial charge in [-0.05, 0) is 36.9 Å². The van der Waals surface area contributed by atoms with Crippen molar-refractivity contribution in [1.82, 2.24) is 4.72 Å². The number of nitrogens with two attached hydrogens (primary N) is 1. The maximum absolute atomic E-state index is 13.5. The van der Waals surface area contributed by atoms with Crippen molar-refractivity contribution in [3.05, 3.63) is 45.9 Å². The number of thiophene rings is 1. The van der Waals surface area contributed by atoms with Gasteiger partial charge in [0.05, 0.1) is 4.90 Å². The predicted molar refractivity (Wildman–Crippen MR) is 78.8 cm³/mol. The number of anilines is 1. The Hall–Kier alpha value is -1.44. The maximum Gasteiger partial charge on any atom is 0.240 e. The Morgan fingerprint density at radius 2 is 2.15 bits per heavy atom. The molecular formula is C13H15FN2O2S2. The van der Waals surface area contributed by atoms with Gasteiger partial charge in [0.15, 0.2) is 0 Å². The second-order valence-electron chi connectivity index (χ2n) is 4.35. The highest BCUT2D eigenvalue weighted by molar-refractivity contribution is 7.89. The van der Waals surface area contributed by atoms with E-state index in [1.807, 2.05) is 17.5 Å². The van der Waals surface area contributed by atoms with E-state index in [0.29, 0.717) is 6.42 Å². The summed E-state index contributed by atoms with van der Waals surface area (Å²) in [5.74, 6) is -0.622. The van der Waals surface area contributed by atoms with Crippen LogP contribution in [-0.4, -0.2) is 15.0 Å². The molecule has 0 bridgehead atoms. The van der Waals surface area contributed by atoms with Crippen LogP contribution in [0.2, 0.25) is 0 Å². The van der Waals surface area contributed by atoms with Crippen molar-refractivity contribution in [2.75, 3.05) is 12.3 Å². The van der Waals surface area contributed by atoms with Gasteiger partial charge >= 0.3 is 0 Å². The molecule has 0 aliphatic heterocycles. The number of nitrogens with one attached hydrogen (secondary N) is 1. The number of nitrogen functional groups attached to an aromatic ring is 1. The largest absolute Gasteiger partial charge is 0.398 e. The molecule has 20 heavy (non-hydrogen) atoms. The van der Waals surface area contributed by atoms with Crippen molar-refractivity contribution in [1.29, 1.82) is 0 Å². The molecule has 0 atom stereocenters. The zero-order valence-corrected chi connectivity index (χ0v) is 12.5. The van der Waals surface area contributed by atoms with E-state index in [1.54, 1.807) is 11.3 Å². The van der Waals surface area contributed by atoms with Crippen molar-refractivity contribution in [2.45, 2.75) is 18.2 Å². The fourth-order valence-corrected chi connectivity index (χ4v) is 3.46. The molecule has 0 spiro atoms. The fourth-order valence-electron chi connectivity index (χ4n) is 1.68. The van der Waals surface area contributed by atoms with E-state index in [9.17, 15) is 12.8 Å². The SMILES string of the molecule is Cc1c(N)cc(S(=O)(=O)NCCc2cccs2)cc1F. The van der Waals surface area contributed by atoms with Crippen LogP contribution >= 0.6 is 11.3 Å². The first-order valence-corrected chi connectivity index (χ1v) is 8.34. The van der Waals surface area contributed by atoms with E-state index in [-0.39, 0.29) is 22.7 Å². The summed E-state index contributed by atoms with van der Waals surface area (Å²) in [6, 6.07) is 6.10. The van der Waals surface area contributed by atoms with Gasteiger partial charge in [0.25, 0.3) is 0 Å². The van der Waals surface area contributed by atoms with Gasteiger partial charge in [0, 0.05) is 22.7 Å². The van der Waals surface area contributed by atoms with E-state index in [1.165, 1.54) is 13.0 Å². The lowest BCUT2D eigenvalue weighted by Gasteiger charge is -2.09. The lowest BCUT2D eigenvalue weighted by Crippen LogP contribution is -2.26. The number of benzene rings is 1. The third-order valence-corrected chi connectivity index (χ3v) is 5.29. The minimum absolute atomic E-state index is 0.128. The molecule has 0 radical (unpaired) electrons. The predicted octanol–water partition coefficient (Wildman–Crippen LogP) is 2.30. The summed E-state index contributed by atoms with van der Waals surface area (Å²) in [5, 5.41) is 1.93.